The van der Waals surface area contributed by atoms with E-state index in [1.165, 1.54) is 18.2 Å². The molecular weight excluding hydrogens is 453 g/mol. The van der Waals surface area contributed by atoms with Gasteiger partial charge in [0.2, 0.25) is 5.91 Å². The van der Waals surface area contributed by atoms with Gasteiger partial charge in [0.05, 0.1) is 5.52 Å². The summed E-state index contributed by atoms with van der Waals surface area (Å²) in [6.45, 7) is 8.21. The zero-order chi connectivity index (χ0) is 24.0. The number of aryl methyl sites for hydroxylation is 1. The normalized spacial score (nSPS) is 18.1. The van der Waals surface area contributed by atoms with Crippen LogP contribution in [0, 0.1) is 12.7 Å². The van der Waals surface area contributed by atoms with Crippen molar-refractivity contribution in [2.75, 3.05) is 36.8 Å². The van der Waals surface area contributed by atoms with Crippen LogP contribution in [0.2, 0.25) is 0 Å². The van der Waals surface area contributed by atoms with E-state index < -0.39 is 0 Å². The maximum absolute atomic E-state index is 13.6. The van der Waals surface area contributed by atoms with Crippen LogP contribution < -0.4 is 16.3 Å². The van der Waals surface area contributed by atoms with E-state index in [2.05, 4.69) is 22.5 Å². The summed E-state index contributed by atoms with van der Waals surface area (Å²) in [6, 6.07) is 8.31. The molecule has 1 unspecified atom stereocenters. The Bertz CT molecular complexity index is 1350. The minimum atomic E-state index is -0.333. The van der Waals surface area contributed by atoms with Crippen LogP contribution in [-0.2, 0) is 11.3 Å². The molecule has 3 heterocycles. The SMILES string of the molecule is C=CC(=O)N1CCN(c2nc(=O)n3c4c(c(-c5ccc(F)cc5)c(C)cc24)SCC(N)C3)CC1. The van der Waals surface area contributed by atoms with Gasteiger partial charge in [-0.2, -0.15) is 4.98 Å². The topological polar surface area (TPSA) is 84.5 Å². The molecule has 1 saturated heterocycles. The fourth-order valence-corrected chi connectivity index (χ4v) is 6.06. The second-order valence-electron chi connectivity index (χ2n) is 8.72. The minimum Gasteiger partial charge on any atom is -0.352 e. The number of aromatic nitrogens is 2. The number of nitrogens with two attached hydrogens (primary N) is 1. The maximum atomic E-state index is 13.6. The molecular formula is C25H26FN5O2S. The zero-order valence-corrected chi connectivity index (χ0v) is 19.8. The molecule has 0 saturated carbocycles. The summed E-state index contributed by atoms with van der Waals surface area (Å²) in [5.74, 6) is 0.908. The summed E-state index contributed by atoms with van der Waals surface area (Å²) in [4.78, 5) is 34.5. The molecule has 1 atom stereocenters. The largest absolute Gasteiger partial charge is 0.352 e. The fraction of sp³-hybridized carbons (Fsp3) is 0.320. The average molecular weight is 480 g/mol. The van der Waals surface area contributed by atoms with Gasteiger partial charge in [0.25, 0.3) is 0 Å². The first-order chi connectivity index (χ1) is 16.4. The Labute approximate surface area is 201 Å². The van der Waals surface area contributed by atoms with Crippen molar-refractivity contribution >= 4 is 34.4 Å². The van der Waals surface area contributed by atoms with Crippen LogP contribution in [0.1, 0.15) is 5.56 Å². The van der Waals surface area contributed by atoms with Crippen LogP contribution in [0.5, 0.6) is 0 Å². The number of anilines is 1. The third-order valence-electron chi connectivity index (χ3n) is 6.45. The number of rotatable bonds is 3. The third-order valence-corrected chi connectivity index (χ3v) is 7.73. The van der Waals surface area contributed by atoms with Crippen molar-refractivity contribution in [1.29, 1.82) is 0 Å². The van der Waals surface area contributed by atoms with Crippen molar-refractivity contribution in [3.8, 4) is 11.1 Å². The summed E-state index contributed by atoms with van der Waals surface area (Å²) in [6.07, 6.45) is 1.33. The van der Waals surface area contributed by atoms with Crippen LogP contribution in [-0.4, -0.2) is 58.3 Å². The summed E-state index contributed by atoms with van der Waals surface area (Å²) in [7, 11) is 0. The highest BCUT2D eigenvalue weighted by Gasteiger charge is 2.28. The zero-order valence-electron chi connectivity index (χ0n) is 19.0. The van der Waals surface area contributed by atoms with Gasteiger partial charge in [0.1, 0.15) is 11.6 Å². The predicted molar refractivity (Wildman–Crippen MR) is 134 cm³/mol. The Kier molecular flexibility index (Phi) is 5.91. The Hall–Kier alpha value is -3.17. The number of halogens is 1. The van der Waals surface area contributed by atoms with Crippen molar-refractivity contribution in [2.45, 2.75) is 24.4 Å². The number of carbonyl (C=O) groups excluding carboxylic acids is 1. The molecule has 1 fully saturated rings. The second kappa shape index (κ2) is 8.88. The van der Waals surface area contributed by atoms with E-state index in [0.29, 0.717) is 44.3 Å². The molecule has 1 amide bonds. The highest BCUT2D eigenvalue weighted by Crippen LogP contribution is 2.43. The smallest absolute Gasteiger partial charge is 0.350 e. The summed E-state index contributed by atoms with van der Waals surface area (Å²) in [5, 5.41) is 0.892. The average Bonchev–Trinajstić information content (AvgIpc) is 3.01. The van der Waals surface area contributed by atoms with E-state index in [1.807, 2.05) is 6.92 Å². The molecule has 2 N–H and O–H groups in total. The number of nitrogens with zero attached hydrogens (tertiary/aromatic N) is 4. The molecule has 3 aromatic rings. The van der Waals surface area contributed by atoms with E-state index >= 15 is 0 Å². The van der Waals surface area contributed by atoms with Crippen LogP contribution in [0.25, 0.3) is 22.0 Å². The lowest BCUT2D eigenvalue weighted by atomic mass is 9.97. The molecule has 1 aromatic heterocycles. The van der Waals surface area contributed by atoms with Gasteiger partial charge in [-0.15, -0.1) is 11.8 Å². The van der Waals surface area contributed by atoms with Gasteiger partial charge in [0.15, 0.2) is 0 Å². The summed E-state index contributed by atoms with van der Waals surface area (Å²) in [5.41, 5.74) is 9.72. The second-order valence-corrected chi connectivity index (χ2v) is 9.75. The molecule has 9 heteroatoms. The lowest BCUT2D eigenvalue weighted by molar-refractivity contribution is -0.126. The minimum absolute atomic E-state index is 0.0914. The van der Waals surface area contributed by atoms with Crippen LogP contribution >= 0.6 is 11.8 Å². The molecule has 2 aliphatic rings. The predicted octanol–water partition coefficient (Wildman–Crippen LogP) is 2.78. The molecule has 0 spiro atoms. The number of thioether (sulfide) groups is 1. The highest BCUT2D eigenvalue weighted by molar-refractivity contribution is 7.99. The molecule has 0 aliphatic carbocycles. The number of benzene rings is 2. The lowest BCUT2D eigenvalue weighted by Crippen LogP contribution is -2.49. The first-order valence-electron chi connectivity index (χ1n) is 11.3. The van der Waals surface area contributed by atoms with E-state index in [4.69, 9.17) is 5.73 Å². The molecule has 2 aromatic carbocycles. The van der Waals surface area contributed by atoms with Gasteiger partial charge in [-0.05, 0) is 42.3 Å². The molecule has 0 bridgehead atoms. The quantitative estimate of drug-likeness (QED) is 0.582. The number of hydrogen-bond donors (Lipinski definition) is 1. The van der Waals surface area contributed by atoms with Gasteiger partial charge in [-0.3, -0.25) is 9.36 Å². The molecule has 7 nitrogen and oxygen atoms in total. The summed E-state index contributed by atoms with van der Waals surface area (Å²) < 4.78 is 15.3. The first-order valence-corrected chi connectivity index (χ1v) is 12.2. The van der Waals surface area contributed by atoms with E-state index in [0.717, 1.165) is 32.5 Å². The van der Waals surface area contributed by atoms with E-state index in [-0.39, 0.29) is 23.5 Å². The van der Waals surface area contributed by atoms with Gasteiger partial charge in [-0.25, -0.2) is 9.18 Å². The molecule has 2 aliphatic heterocycles. The van der Waals surface area contributed by atoms with Gasteiger partial charge in [0, 0.05) is 60.4 Å². The Balaban J connectivity index is 1.70. The number of carbonyl (C=O) groups is 1. The fourth-order valence-electron chi connectivity index (χ4n) is 4.79. The number of piperazine rings is 1. The van der Waals surface area contributed by atoms with Crippen molar-refractivity contribution in [3.05, 3.63) is 64.9 Å². The maximum Gasteiger partial charge on any atom is 0.350 e. The van der Waals surface area contributed by atoms with Gasteiger partial charge < -0.3 is 15.5 Å². The third kappa shape index (κ3) is 3.88. The van der Waals surface area contributed by atoms with E-state index in [9.17, 15) is 14.0 Å². The Morgan fingerprint density at radius 3 is 2.62 bits per heavy atom. The molecule has 34 heavy (non-hydrogen) atoms. The Morgan fingerprint density at radius 1 is 1.24 bits per heavy atom. The number of hydrogen-bond acceptors (Lipinski definition) is 6. The van der Waals surface area contributed by atoms with Crippen molar-refractivity contribution < 1.29 is 9.18 Å². The van der Waals surface area contributed by atoms with Crippen LogP contribution in [0.3, 0.4) is 0 Å². The first kappa shape index (κ1) is 22.6. The molecule has 0 radical (unpaired) electrons. The van der Waals surface area contributed by atoms with E-state index in [1.54, 1.807) is 33.4 Å². The van der Waals surface area contributed by atoms with Gasteiger partial charge in [-0.1, -0.05) is 18.7 Å². The molecule has 176 valence electrons. The van der Waals surface area contributed by atoms with Crippen molar-refractivity contribution in [3.63, 3.8) is 0 Å². The highest BCUT2D eigenvalue weighted by atomic mass is 32.2. The summed E-state index contributed by atoms with van der Waals surface area (Å²) >= 11 is 1.63. The lowest BCUT2D eigenvalue weighted by Gasteiger charge is -2.35. The van der Waals surface area contributed by atoms with Crippen LogP contribution in [0.15, 0.2) is 52.7 Å². The Morgan fingerprint density at radius 2 is 1.94 bits per heavy atom. The molecule has 5 rings (SSSR count). The number of amides is 1. The monoisotopic (exact) mass is 479 g/mol. The standard InChI is InChI=1S/C25H26FN5O2S/c1-3-20(32)29-8-10-30(11-9-29)24-19-12-15(2)21(16-4-6-17(26)7-5-16)23-22(19)31(25(33)28-24)13-18(27)14-34-23/h3-7,12,18H,1,8-11,13-14,27H2,2H3. The van der Waals surface area contributed by atoms with Gasteiger partial charge >= 0.3 is 5.69 Å². The van der Waals surface area contributed by atoms with Crippen LogP contribution in [0.4, 0.5) is 10.2 Å². The van der Waals surface area contributed by atoms with Crippen molar-refractivity contribution in [1.82, 2.24) is 14.5 Å². The van der Waals surface area contributed by atoms with Crippen molar-refractivity contribution in [2.24, 2.45) is 5.73 Å².